The van der Waals surface area contributed by atoms with E-state index < -0.39 is 0 Å². The predicted octanol–water partition coefficient (Wildman–Crippen LogP) is 2.90. The lowest BCUT2D eigenvalue weighted by Crippen LogP contribution is -2.56. The Hall–Kier alpha value is 0.270. The Balaban J connectivity index is 1.68. The third-order valence-electron chi connectivity index (χ3n) is 5.98. The molecule has 4 saturated carbocycles. The SMILES string of the molecule is CNC(CSC(C)CO)C12CC3CC(CC(C3)C1)C2. The zero-order valence-electron chi connectivity index (χ0n) is 12.4. The van der Waals surface area contributed by atoms with Crippen molar-refractivity contribution in [2.24, 2.45) is 23.2 Å². The van der Waals surface area contributed by atoms with Gasteiger partial charge in [-0.25, -0.2) is 0 Å². The Morgan fingerprint density at radius 3 is 2.11 bits per heavy atom. The van der Waals surface area contributed by atoms with Crippen molar-refractivity contribution in [2.45, 2.75) is 56.7 Å². The van der Waals surface area contributed by atoms with E-state index in [1.165, 1.54) is 44.3 Å². The van der Waals surface area contributed by atoms with Gasteiger partial charge < -0.3 is 10.4 Å². The fourth-order valence-electron chi connectivity index (χ4n) is 5.48. The van der Waals surface area contributed by atoms with Crippen LogP contribution >= 0.6 is 11.8 Å². The second-order valence-corrected chi connectivity index (χ2v) is 8.92. The average Bonchev–Trinajstić information content (AvgIpc) is 2.37. The highest BCUT2D eigenvalue weighted by Crippen LogP contribution is 2.61. The van der Waals surface area contributed by atoms with Crippen molar-refractivity contribution in [1.82, 2.24) is 5.32 Å². The molecule has 4 bridgehead atoms. The standard InChI is InChI=1S/C16H29NOS/c1-11(9-18)19-10-15(17-2)16-6-12-3-13(7-16)5-14(4-12)8-16/h11-15,17-18H,3-10H2,1-2H3. The van der Waals surface area contributed by atoms with E-state index in [0.29, 0.717) is 23.3 Å². The van der Waals surface area contributed by atoms with Crippen molar-refractivity contribution in [3.63, 3.8) is 0 Å². The lowest BCUT2D eigenvalue weighted by atomic mass is 9.48. The van der Waals surface area contributed by atoms with Crippen LogP contribution in [0.5, 0.6) is 0 Å². The first-order chi connectivity index (χ1) is 9.15. The summed E-state index contributed by atoms with van der Waals surface area (Å²) in [6.07, 6.45) is 8.98. The fraction of sp³-hybridized carbons (Fsp3) is 1.00. The molecule has 0 aromatic rings. The molecule has 0 heterocycles. The molecule has 4 fully saturated rings. The summed E-state index contributed by atoms with van der Waals surface area (Å²) >= 11 is 1.95. The van der Waals surface area contributed by atoms with E-state index in [2.05, 4.69) is 19.3 Å². The maximum atomic E-state index is 9.21. The van der Waals surface area contributed by atoms with Crippen molar-refractivity contribution in [3.05, 3.63) is 0 Å². The van der Waals surface area contributed by atoms with Crippen LogP contribution in [-0.4, -0.2) is 35.8 Å². The number of rotatable bonds is 6. The average molecular weight is 283 g/mol. The lowest BCUT2D eigenvalue weighted by molar-refractivity contribution is -0.0682. The van der Waals surface area contributed by atoms with Gasteiger partial charge in [-0.05, 0) is 68.7 Å². The minimum atomic E-state index is 0.308. The molecule has 0 aromatic carbocycles. The highest BCUT2D eigenvalue weighted by Gasteiger charge is 2.53. The van der Waals surface area contributed by atoms with E-state index in [1.54, 1.807) is 0 Å². The molecule has 0 spiro atoms. The van der Waals surface area contributed by atoms with Gasteiger partial charge in [-0.3, -0.25) is 0 Å². The summed E-state index contributed by atoms with van der Waals surface area (Å²) in [5, 5.41) is 13.2. The van der Waals surface area contributed by atoms with Crippen LogP contribution in [0, 0.1) is 23.2 Å². The van der Waals surface area contributed by atoms with Gasteiger partial charge in [0.1, 0.15) is 0 Å². The molecule has 2 nitrogen and oxygen atoms in total. The van der Waals surface area contributed by atoms with Gasteiger partial charge in [-0.2, -0.15) is 11.8 Å². The van der Waals surface area contributed by atoms with Crippen LogP contribution in [-0.2, 0) is 0 Å². The molecule has 3 heteroatoms. The number of aliphatic hydroxyl groups is 1. The first kappa shape index (κ1) is 14.2. The van der Waals surface area contributed by atoms with Gasteiger partial charge in [0.15, 0.2) is 0 Å². The Morgan fingerprint density at radius 2 is 1.68 bits per heavy atom. The summed E-state index contributed by atoms with van der Waals surface area (Å²) in [5.74, 6) is 4.26. The molecule has 2 atom stereocenters. The second kappa shape index (κ2) is 5.57. The van der Waals surface area contributed by atoms with E-state index in [4.69, 9.17) is 0 Å². The van der Waals surface area contributed by atoms with Gasteiger partial charge >= 0.3 is 0 Å². The Labute approximate surface area is 122 Å². The molecule has 4 aliphatic rings. The molecule has 4 rings (SSSR count). The molecule has 4 aliphatic carbocycles. The molecule has 0 radical (unpaired) electrons. The highest BCUT2D eigenvalue weighted by molar-refractivity contribution is 7.99. The van der Waals surface area contributed by atoms with Crippen LogP contribution in [0.25, 0.3) is 0 Å². The molecule has 0 saturated heterocycles. The van der Waals surface area contributed by atoms with Gasteiger partial charge in [0.25, 0.3) is 0 Å². The third kappa shape index (κ3) is 2.71. The maximum Gasteiger partial charge on any atom is 0.0547 e. The van der Waals surface area contributed by atoms with Crippen molar-refractivity contribution >= 4 is 11.8 Å². The lowest BCUT2D eigenvalue weighted by Gasteiger charge is -2.59. The minimum absolute atomic E-state index is 0.308. The summed E-state index contributed by atoms with van der Waals surface area (Å²) in [4.78, 5) is 0. The van der Waals surface area contributed by atoms with E-state index in [1.807, 2.05) is 11.8 Å². The Bertz CT molecular complexity index is 285. The van der Waals surface area contributed by atoms with Crippen LogP contribution in [0.15, 0.2) is 0 Å². The molecule has 110 valence electrons. The molecular formula is C16H29NOS. The van der Waals surface area contributed by atoms with Crippen molar-refractivity contribution in [2.75, 3.05) is 19.4 Å². The zero-order valence-corrected chi connectivity index (χ0v) is 13.2. The van der Waals surface area contributed by atoms with Crippen LogP contribution in [0.1, 0.15) is 45.4 Å². The second-order valence-electron chi connectivity index (χ2n) is 7.45. The molecule has 0 aliphatic heterocycles. The first-order valence-corrected chi connectivity index (χ1v) is 9.10. The van der Waals surface area contributed by atoms with E-state index >= 15 is 0 Å². The Kier molecular flexibility index (Phi) is 4.17. The quantitative estimate of drug-likeness (QED) is 0.786. The van der Waals surface area contributed by atoms with Crippen LogP contribution in [0.3, 0.4) is 0 Å². The van der Waals surface area contributed by atoms with Crippen molar-refractivity contribution in [1.29, 1.82) is 0 Å². The molecule has 2 unspecified atom stereocenters. The molecule has 19 heavy (non-hydrogen) atoms. The predicted molar refractivity (Wildman–Crippen MR) is 82.5 cm³/mol. The van der Waals surface area contributed by atoms with Crippen LogP contribution in [0.4, 0.5) is 0 Å². The smallest absolute Gasteiger partial charge is 0.0547 e. The van der Waals surface area contributed by atoms with Crippen molar-refractivity contribution in [3.8, 4) is 0 Å². The molecule has 2 N–H and O–H groups in total. The summed E-state index contributed by atoms with van der Waals surface area (Å²) < 4.78 is 0. The number of aliphatic hydroxyl groups excluding tert-OH is 1. The van der Waals surface area contributed by atoms with Gasteiger partial charge in [0.05, 0.1) is 6.61 Å². The first-order valence-electron chi connectivity index (χ1n) is 8.05. The van der Waals surface area contributed by atoms with Crippen LogP contribution < -0.4 is 5.32 Å². The number of hydrogen-bond donors (Lipinski definition) is 2. The molecular weight excluding hydrogens is 254 g/mol. The number of thioether (sulfide) groups is 1. The van der Waals surface area contributed by atoms with Gasteiger partial charge in [-0.15, -0.1) is 0 Å². The Morgan fingerprint density at radius 1 is 1.16 bits per heavy atom. The topological polar surface area (TPSA) is 32.3 Å². The normalized spacial score (nSPS) is 43.4. The molecule has 0 aromatic heterocycles. The summed E-state index contributed by atoms with van der Waals surface area (Å²) in [6, 6.07) is 0.653. The largest absolute Gasteiger partial charge is 0.395 e. The monoisotopic (exact) mass is 283 g/mol. The van der Waals surface area contributed by atoms with Crippen molar-refractivity contribution < 1.29 is 5.11 Å². The van der Waals surface area contributed by atoms with E-state index in [9.17, 15) is 5.11 Å². The fourth-order valence-corrected chi connectivity index (χ4v) is 6.63. The highest BCUT2D eigenvalue weighted by atomic mass is 32.2. The van der Waals surface area contributed by atoms with Gasteiger partial charge in [0.2, 0.25) is 0 Å². The number of nitrogens with one attached hydrogen (secondary N) is 1. The minimum Gasteiger partial charge on any atom is -0.395 e. The third-order valence-corrected chi connectivity index (χ3v) is 7.22. The van der Waals surface area contributed by atoms with E-state index in [0.717, 1.165) is 17.8 Å². The van der Waals surface area contributed by atoms with Gasteiger partial charge in [0, 0.05) is 17.0 Å². The van der Waals surface area contributed by atoms with Gasteiger partial charge in [-0.1, -0.05) is 6.92 Å². The van der Waals surface area contributed by atoms with Crippen LogP contribution in [0.2, 0.25) is 0 Å². The molecule has 0 amide bonds. The number of hydrogen-bond acceptors (Lipinski definition) is 3. The summed E-state index contributed by atoms with van der Waals surface area (Å²) in [5.41, 5.74) is 0.589. The zero-order chi connectivity index (χ0) is 13.5. The summed E-state index contributed by atoms with van der Waals surface area (Å²) in [6.45, 7) is 2.44. The summed E-state index contributed by atoms with van der Waals surface area (Å²) in [7, 11) is 2.15. The van der Waals surface area contributed by atoms with E-state index in [-0.39, 0.29) is 0 Å². The maximum absolute atomic E-state index is 9.21.